The van der Waals surface area contributed by atoms with Crippen molar-refractivity contribution in [2.75, 3.05) is 11.1 Å². The first-order valence-electron chi connectivity index (χ1n) is 6.13. The molecule has 0 aliphatic rings. The number of benzene rings is 1. The van der Waals surface area contributed by atoms with Crippen LogP contribution in [0.2, 0.25) is 0 Å². The summed E-state index contributed by atoms with van der Waals surface area (Å²) in [5, 5.41) is 9.60. The molecule has 1 aromatic carbocycles. The molecule has 0 aromatic heterocycles. The Balaban J connectivity index is 2.81. The van der Waals surface area contributed by atoms with E-state index in [1.165, 1.54) is 26.0 Å². The highest BCUT2D eigenvalue weighted by molar-refractivity contribution is 7.93. The lowest BCUT2D eigenvalue weighted by atomic mass is 10.1. The molecule has 0 saturated heterocycles. The van der Waals surface area contributed by atoms with Crippen molar-refractivity contribution in [3.05, 3.63) is 30.1 Å². The van der Waals surface area contributed by atoms with Gasteiger partial charge in [0.25, 0.3) is 0 Å². The van der Waals surface area contributed by atoms with Gasteiger partial charge in [0.1, 0.15) is 11.6 Å². The molecule has 0 bridgehead atoms. The minimum absolute atomic E-state index is 0.230. The zero-order valence-electron chi connectivity index (χ0n) is 11.5. The van der Waals surface area contributed by atoms with Crippen molar-refractivity contribution in [2.45, 2.75) is 19.1 Å². The second-order valence-electron chi connectivity index (χ2n) is 4.87. The van der Waals surface area contributed by atoms with Crippen molar-refractivity contribution in [3.63, 3.8) is 0 Å². The largest absolute Gasteiger partial charge is 0.480 e. The molecule has 21 heavy (non-hydrogen) atoms. The van der Waals surface area contributed by atoms with E-state index in [2.05, 4.69) is 5.32 Å². The number of carbonyl (C=O) groups excluding carboxylic acids is 1. The average Bonchev–Trinajstić information content (AvgIpc) is 2.29. The third-order valence-corrected chi connectivity index (χ3v) is 4.88. The fourth-order valence-corrected chi connectivity index (χ4v) is 3.61. The standard InChI is InChI=1S/C13H16FNO5S/c1-8(2)12(13(17)18)21(19,20)7-11(16)15-10-5-3-9(14)4-6-10/h3-6,8,12H,7H2,1-2H3,(H,15,16)(H,17,18). The summed E-state index contributed by atoms with van der Waals surface area (Å²) in [5.74, 6) is -4.45. The van der Waals surface area contributed by atoms with Gasteiger partial charge in [0.05, 0.1) is 0 Å². The zero-order chi connectivity index (χ0) is 16.2. The number of rotatable bonds is 6. The van der Waals surface area contributed by atoms with E-state index < -0.39 is 44.5 Å². The predicted octanol–water partition coefficient (Wildman–Crippen LogP) is 1.29. The molecule has 1 aromatic rings. The van der Waals surface area contributed by atoms with Gasteiger partial charge in [-0.3, -0.25) is 9.59 Å². The Morgan fingerprint density at radius 2 is 1.76 bits per heavy atom. The second-order valence-corrected chi connectivity index (χ2v) is 6.99. The van der Waals surface area contributed by atoms with Crippen LogP contribution in [0.25, 0.3) is 0 Å². The van der Waals surface area contributed by atoms with Crippen molar-refractivity contribution in [3.8, 4) is 0 Å². The van der Waals surface area contributed by atoms with Gasteiger partial charge in [-0.15, -0.1) is 0 Å². The molecule has 8 heteroatoms. The molecule has 0 fully saturated rings. The molecular formula is C13H16FNO5S. The zero-order valence-corrected chi connectivity index (χ0v) is 12.4. The van der Waals surface area contributed by atoms with Crippen LogP contribution in [0.15, 0.2) is 24.3 Å². The molecule has 6 nitrogen and oxygen atoms in total. The second kappa shape index (κ2) is 6.66. The summed E-state index contributed by atoms with van der Waals surface area (Å²) >= 11 is 0. The van der Waals surface area contributed by atoms with Crippen LogP contribution in [0.3, 0.4) is 0 Å². The summed E-state index contributed by atoms with van der Waals surface area (Å²) in [7, 11) is -4.13. The molecule has 0 radical (unpaired) electrons. The number of aliphatic carboxylic acids is 1. The van der Waals surface area contributed by atoms with Crippen LogP contribution in [0.5, 0.6) is 0 Å². The summed E-state index contributed by atoms with van der Waals surface area (Å²) in [6, 6.07) is 4.77. The fraction of sp³-hybridized carbons (Fsp3) is 0.385. The van der Waals surface area contributed by atoms with Gasteiger partial charge >= 0.3 is 5.97 Å². The Hall–Kier alpha value is -1.96. The summed E-state index contributed by atoms with van der Waals surface area (Å²) in [4.78, 5) is 22.7. The van der Waals surface area contributed by atoms with E-state index in [1.807, 2.05) is 0 Å². The third-order valence-electron chi connectivity index (χ3n) is 2.70. The minimum atomic E-state index is -4.13. The van der Waals surface area contributed by atoms with E-state index in [-0.39, 0.29) is 5.69 Å². The molecule has 2 N–H and O–H groups in total. The first-order chi connectivity index (χ1) is 9.63. The van der Waals surface area contributed by atoms with E-state index in [1.54, 1.807) is 0 Å². The van der Waals surface area contributed by atoms with E-state index in [9.17, 15) is 22.4 Å². The number of carboxylic acid groups (broad SMARTS) is 1. The average molecular weight is 317 g/mol. The molecule has 116 valence electrons. The maximum atomic E-state index is 12.7. The normalized spacial score (nSPS) is 13.0. The quantitative estimate of drug-likeness (QED) is 0.823. The monoisotopic (exact) mass is 317 g/mol. The molecule has 1 rings (SSSR count). The maximum Gasteiger partial charge on any atom is 0.322 e. The summed E-state index contributed by atoms with van der Waals surface area (Å²) in [6.07, 6.45) is 0. The Bertz CT molecular complexity index is 624. The van der Waals surface area contributed by atoms with Gasteiger partial charge in [-0.1, -0.05) is 13.8 Å². The predicted molar refractivity (Wildman–Crippen MR) is 75.1 cm³/mol. The Kier molecular flexibility index (Phi) is 5.42. The Morgan fingerprint density at radius 3 is 2.19 bits per heavy atom. The van der Waals surface area contributed by atoms with Gasteiger partial charge < -0.3 is 10.4 Å². The number of halogens is 1. The van der Waals surface area contributed by atoms with Gasteiger partial charge in [0, 0.05) is 5.69 Å². The highest BCUT2D eigenvalue weighted by atomic mass is 32.2. The smallest absolute Gasteiger partial charge is 0.322 e. The molecule has 0 aliphatic heterocycles. The number of nitrogens with one attached hydrogen (secondary N) is 1. The SMILES string of the molecule is CC(C)C(C(=O)O)S(=O)(=O)CC(=O)Nc1ccc(F)cc1. The number of hydrogen-bond donors (Lipinski definition) is 2. The molecule has 1 amide bonds. The number of carboxylic acids is 1. The van der Waals surface area contributed by atoms with E-state index in [0.717, 1.165) is 12.1 Å². The first kappa shape index (κ1) is 17.1. The highest BCUT2D eigenvalue weighted by Gasteiger charge is 2.36. The van der Waals surface area contributed by atoms with E-state index >= 15 is 0 Å². The number of anilines is 1. The lowest BCUT2D eigenvalue weighted by Gasteiger charge is -2.16. The summed E-state index contributed by atoms with van der Waals surface area (Å²) < 4.78 is 36.6. The van der Waals surface area contributed by atoms with Crippen molar-refractivity contribution < 1.29 is 27.5 Å². The van der Waals surface area contributed by atoms with Gasteiger partial charge in [-0.05, 0) is 30.2 Å². The molecule has 1 unspecified atom stereocenters. The minimum Gasteiger partial charge on any atom is -0.480 e. The van der Waals surface area contributed by atoms with Crippen LogP contribution in [0, 0.1) is 11.7 Å². The summed E-state index contributed by atoms with van der Waals surface area (Å²) in [5.41, 5.74) is 0.230. The topological polar surface area (TPSA) is 101 Å². The van der Waals surface area contributed by atoms with Crippen LogP contribution < -0.4 is 5.32 Å². The van der Waals surface area contributed by atoms with E-state index in [0.29, 0.717) is 0 Å². The first-order valence-corrected chi connectivity index (χ1v) is 7.85. The molecule has 0 spiro atoms. The third kappa shape index (κ3) is 4.82. The van der Waals surface area contributed by atoms with Crippen LogP contribution in [0.4, 0.5) is 10.1 Å². The number of hydrogen-bond acceptors (Lipinski definition) is 4. The van der Waals surface area contributed by atoms with Crippen molar-refractivity contribution >= 4 is 27.4 Å². The van der Waals surface area contributed by atoms with Crippen molar-refractivity contribution in [1.29, 1.82) is 0 Å². The molecule has 0 heterocycles. The maximum absolute atomic E-state index is 12.7. The summed E-state index contributed by atoms with van der Waals surface area (Å²) in [6.45, 7) is 2.91. The van der Waals surface area contributed by atoms with Crippen LogP contribution in [0.1, 0.15) is 13.8 Å². The Morgan fingerprint density at radius 1 is 1.24 bits per heavy atom. The van der Waals surface area contributed by atoms with Crippen LogP contribution in [-0.2, 0) is 19.4 Å². The lowest BCUT2D eigenvalue weighted by Crippen LogP contribution is -2.39. The van der Waals surface area contributed by atoms with Crippen molar-refractivity contribution in [2.24, 2.45) is 5.92 Å². The van der Waals surface area contributed by atoms with E-state index in [4.69, 9.17) is 5.11 Å². The molecular weight excluding hydrogens is 301 g/mol. The fourth-order valence-electron chi connectivity index (χ4n) is 1.86. The molecule has 0 saturated carbocycles. The van der Waals surface area contributed by atoms with Crippen LogP contribution in [-0.4, -0.2) is 36.4 Å². The lowest BCUT2D eigenvalue weighted by molar-refractivity contribution is -0.137. The number of amides is 1. The number of sulfone groups is 1. The number of carbonyl (C=O) groups is 2. The van der Waals surface area contributed by atoms with Gasteiger partial charge in [0.15, 0.2) is 15.1 Å². The van der Waals surface area contributed by atoms with Gasteiger partial charge in [-0.25, -0.2) is 12.8 Å². The molecule has 0 aliphatic carbocycles. The highest BCUT2D eigenvalue weighted by Crippen LogP contribution is 2.15. The molecule has 1 atom stereocenters. The Labute approximate surface area is 121 Å². The van der Waals surface area contributed by atoms with Gasteiger partial charge in [-0.2, -0.15) is 0 Å². The van der Waals surface area contributed by atoms with Gasteiger partial charge in [0.2, 0.25) is 5.91 Å². The van der Waals surface area contributed by atoms with Crippen LogP contribution >= 0.6 is 0 Å². The van der Waals surface area contributed by atoms with Crippen molar-refractivity contribution in [1.82, 2.24) is 0 Å².